The monoisotopic (exact) mass is 827 g/mol. The zero-order valence-electron chi connectivity index (χ0n) is 35.7. The van der Waals surface area contributed by atoms with Gasteiger partial charge in [0.2, 0.25) is 0 Å². The van der Waals surface area contributed by atoms with Crippen molar-refractivity contribution < 1.29 is 37.7 Å². The lowest BCUT2D eigenvalue weighted by atomic mass is 10.0. The topological polar surface area (TPSA) is 127 Å². The minimum Gasteiger partial charge on any atom is -0.459 e. The Morgan fingerprint density at radius 1 is 0.446 bits per heavy atom. The summed E-state index contributed by atoms with van der Waals surface area (Å²) in [6.45, 7) is 3.99. The largest absolute Gasteiger partial charge is 0.459 e. The minimum absolute atomic E-state index is 0.0649. The Bertz CT molecular complexity index is 1040. The van der Waals surface area contributed by atoms with E-state index < -0.39 is 45.7 Å². The van der Waals surface area contributed by atoms with Crippen LogP contribution in [0.5, 0.6) is 0 Å². The average molecular weight is 827 g/mol. The van der Waals surface area contributed by atoms with Gasteiger partial charge >= 0.3 is 11.9 Å². The minimum atomic E-state index is -1.18. The fourth-order valence-corrected chi connectivity index (χ4v) is 9.30. The Hall–Kier alpha value is -1.62. The van der Waals surface area contributed by atoms with Crippen molar-refractivity contribution in [3.63, 3.8) is 0 Å². The molecule has 4 atom stereocenters. The molecule has 0 aliphatic carbocycles. The van der Waals surface area contributed by atoms with E-state index in [0.29, 0.717) is 11.5 Å². The summed E-state index contributed by atoms with van der Waals surface area (Å²) in [6, 6.07) is 5.73. The van der Waals surface area contributed by atoms with Crippen LogP contribution in [0.15, 0.2) is 24.3 Å². The Morgan fingerprint density at radius 3 is 0.929 bits per heavy atom. The third-order valence-electron chi connectivity index (χ3n) is 10.4. The first kappa shape index (κ1) is 52.4. The number of esters is 2. The first-order valence-corrected chi connectivity index (χ1v) is 25.7. The smallest absolute Gasteiger partial charge is 0.338 e. The highest BCUT2D eigenvalue weighted by atomic mass is 32.2. The molecule has 56 heavy (non-hydrogen) atoms. The molecule has 0 aromatic heterocycles. The van der Waals surface area contributed by atoms with Gasteiger partial charge in [-0.2, -0.15) is 0 Å². The number of unbranched alkanes of at least 4 members (excludes halogenated alkanes) is 26. The van der Waals surface area contributed by atoms with E-state index in [1.165, 1.54) is 166 Å². The van der Waals surface area contributed by atoms with Gasteiger partial charge in [-0.25, -0.2) is 9.59 Å². The Balaban J connectivity index is 2.08. The number of benzene rings is 1. The fraction of sp³-hybridized carbons (Fsp3) is 0.826. The van der Waals surface area contributed by atoms with E-state index in [1.807, 2.05) is 0 Å². The molecular formula is C46H82O8S2. The normalized spacial score (nSPS) is 13.6. The number of aliphatic hydroxyl groups is 2. The predicted molar refractivity (Wildman–Crippen MR) is 235 cm³/mol. The van der Waals surface area contributed by atoms with Gasteiger partial charge in [-0.1, -0.05) is 181 Å². The van der Waals surface area contributed by atoms with E-state index in [9.17, 15) is 28.2 Å². The van der Waals surface area contributed by atoms with Crippen LogP contribution in [0, 0.1) is 0 Å². The standard InChI is InChI=1S/C46H82O8S2/c1-3-5-7-9-11-13-15-17-19-21-23-25-27-29-35-55(51)39-43(47)37-53-45(49)41-31-33-42(34-32-41)46(50)54-38-44(48)40-56(52)36-30-28-26-24-22-20-18-16-14-12-10-8-6-4-2/h31-34,43-44,47-48H,3-30,35-40H2,1-2H3/t43-,44-,55-,56-/m0/s1. The number of carbonyl (C=O) groups excluding carboxylic acids is 2. The van der Waals surface area contributed by atoms with Crippen LogP contribution in [0.3, 0.4) is 0 Å². The third-order valence-corrected chi connectivity index (χ3v) is 13.4. The maximum absolute atomic E-state index is 12.5. The molecule has 0 fully saturated rings. The van der Waals surface area contributed by atoms with Crippen LogP contribution in [-0.2, 0) is 31.1 Å². The zero-order chi connectivity index (χ0) is 40.9. The first-order valence-electron chi connectivity index (χ1n) is 22.8. The molecule has 2 N–H and O–H groups in total. The molecule has 1 aromatic carbocycles. The molecule has 0 spiro atoms. The molecular weight excluding hydrogens is 745 g/mol. The fourth-order valence-electron chi connectivity index (χ4n) is 6.86. The predicted octanol–water partition coefficient (Wildman–Crippen LogP) is 11.2. The van der Waals surface area contributed by atoms with Crippen LogP contribution in [0.4, 0.5) is 0 Å². The number of ether oxygens (including phenoxy) is 2. The molecule has 326 valence electrons. The Kier molecular flexibility index (Phi) is 35.2. The van der Waals surface area contributed by atoms with Gasteiger partial charge in [0.05, 0.1) is 34.8 Å². The third kappa shape index (κ3) is 31.4. The molecule has 1 rings (SSSR count). The van der Waals surface area contributed by atoms with Crippen LogP contribution in [0.1, 0.15) is 214 Å². The molecule has 0 unspecified atom stereocenters. The van der Waals surface area contributed by atoms with Gasteiger partial charge in [0.15, 0.2) is 0 Å². The number of rotatable bonds is 40. The van der Waals surface area contributed by atoms with E-state index in [4.69, 9.17) is 9.47 Å². The van der Waals surface area contributed by atoms with E-state index in [-0.39, 0.29) is 35.8 Å². The quantitative estimate of drug-likeness (QED) is 0.0495. The van der Waals surface area contributed by atoms with Crippen molar-refractivity contribution in [2.75, 3.05) is 36.2 Å². The maximum Gasteiger partial charge on any atom is 0.338 e. The highest BCUT2D eigenvalue weighted by molar-refractivity contribution is 7.85. The van der Waals surface area contributed by atoms with Crippen molar-refractivity contribution in [3.05, 3.63) is 35.4 Å². The van der Waals surface area contributed by atoms with Crippen LogP contribution >= 0.6 is 0 Å². The summed E-state index contributed by atoms with van der Waals surface area (Å²) in [5.74, 6) is -0.105. The molecule has 0 bridgehead atoms. The lowest BCUT2D eigenvalue weighted by molar-refractivity contribution is 0.0295. The van der Waals surface area contributed by atoms with Crippen molar-refractivity contribution in [2.24, 2.45) is 0 Å². The molecule has 1 aromatic rings. The highest BCUT2D eigenvalue weighted by Crippen LogP contribution is 2.15. The van der Waals surface area contributed by atoms with E-state index in [1.54, 1.807) is 0 Å². The summed E-state index contributed by atoms with van der Waals surface area (Å²) >= 11 is 0. The molecule has 0 amide bonds. The number of aliphatic hydroxyl groups excluding tert-OH is 2. The number of hydrogen-bond donors (Lipinski definition) is 2. The van der Waals surface area contributed by atoms with Gasteiger partial charge in [-0.15, -0.1) is 0 Å². The molecule has 0 heterocycles. The van der Waals surface area contributed by atoms with Crippen molar-refractivity contribution in [3.8, 4) is 0 Å². The van der Waals surface area contributed by atoms with Gasteiger partial charge in [0.25, 0.3) is 0 Å². The Morgan fingerprint density at radius 2 is 0.679 bits per heavy atom. The molecule has 0 aliphatic rings. The van der Waals surface area contributed by atoms with Crippen molar-refractivity contribution in [1.82, 2.24) is 0 Å². The van der Waals surface area contributed by atoms with E-state index in [0.717, 1.165) is 38.5 Å². The van der Waals surface area contributed by atoms with Crippen molar-refractivity contribution in [2.45, 2.75) is 206 Å². The first-order chi connectivity index (χ1) is 27.3. The summed E-state index contributed by atoms with van der Waals surface area (Å²) in [6.07, 6.45) is 33.4. The summed E-state index contributed by atoms with van der Waals surface area (Å²) < 4.78 is 35.2. The molecule has 8 nitrogen and oxygen atoms in total. The summed E-state index contributed by atoms with van der Waals surface area (Å²) in [4.78, 5) is 25.0. The molecule has 0 saturated carbocycles. The number of hydrogen-bond acceptors (Lipinski definition) is 8. The molecule has 10 heteroatoms. The van der Waals surface area contributed by atoms with Crippen molar-refractivity contribution >= 4 is 33.5 Å². The van der Waals surface area contributed by atoms with Gasteiger partial charge in [0, 0.05) is 33.1 Å². The molecule has 0 aliphatic heterocycles. The van der Waals surface area contributed by atoms with Gasteiger partial charge in [0.1, 0.15) is 13.2 Å². The zero-order valence-corrected chi connectivity index (χ0v) is 37.3. The van der Waals surface area contributed by atoms with E-state index >= 15 is 0 Å². The second kappa shape index (κ2) is 37.6. The Labute approximate surface area is 347 Å². The highest BCUT2D eigenvalue weighted by Gasteiger charge is 2.17. The lowest BCUT2D eigenvalue weighted by Crippen LogP contribution is -2.26. The summed E-state index contributed by atoms with van der Waals surface area (Å²) in [5, 5.41) is 20.5. The van der Waals surface area contributed by atoms with Gasteiger partial charge in [-0.05, 0) is 37.1 Å². The van der Waals surface area contributed by atoms with Crippen LogP contribution in [0.25, 0.3) is 0 Å². The lowest BCUT2D eigenvalue weighted by Gasteiger charge is -2.12. The second-order valence-corrected chi connectivity index (χ2v) is 19.1. The van der Waals surface area contributed by atoms with Crippen molar-refractivity contribution in [1.29, 1.82) is 0 Å². The SMILES string of the molecule is CCCCCCCCCCCCCCCC[S@](=O)C[C@@H](O)COC(=O)c1ccc(C(=O)OC[C@H](O)C[S@@](=O)CCCCCCCCCCCCCCCC)cc1. The average Bonchev–Trinajstić information content (AvgIpc) is 3.19. The summed E-state index contributed by atoms with van der Waals surface area (Å²) in [7, 11) is -2.35. The van der Waals surface area contributed by atoms with Crippen LogP contribution < -0.4 is 0 Å². The van der Waals surface area contributed by atoms with E-state index in [2.05, 4.69) is 13.8 Å². The van der Waals surface area contributed by atoms with Crippen LogP contribution in [-0.4, -0.2) is 79.0 Å². The van der Waals surface area contributed by atoms with Gasteiger partial charge < -0.3 is 19.7 Å². The number of carbonyl (C=O) groups is 2. The van der Waals surface area contributed by atoms with Gasteiger partial charge in [-0.3, -0.25) is 8.42 Å². The molecule has 0 radical (unpaired) electrons. The van der Waals surface area contributed by atoms with Crippen LogP contribution in [0.2, 0.25) is 0 Å². The second-order valence-electron chi connectivity index (χ2n) is 15.9. The molecule has 0 saturated heterocycles. The maximum atomic E-state index is 12.5. The summed E-state index contributed by atoms with van der Waals surface area (Å²) in [5.41, 5.74) is 0.410.